The van der Waals surface area contributed by atoms with Crippen LogP contribution < -0.4 is 10.6 Å². The molecule has 0 saturated heterocycles. The van der Waals surface area contributed by atoms with Crippen molar-refractivity contribution in [3.8, 4) is 6.07 Å². The lowest BCUT2D eigenvalue weighted by atomic mass is 9.87. The zero-order chi connectivity index (χ0) is 25.4. The second-order valence-electron chi connectivity index (χ2n) is 7.98. The fourth-order valence-electron chi connectivity index (χ4n) is 4.14. The molecule has 1 aliphatic heterocycles. The van der Waals surface area contributed by atoms with Crippen LogP contribution in [0.5, 0.6) is 0 Å². The second-order valence-corrected chi connectivity index (χ2v) is 9.87. The van der Waals surface area contributed by atoms with Crippen molar-refractivity contribution in [2.45, 2.75) is 37.5 Å². The van der Waals surface area contributed by atoms with Gasteiger partial charge in [-0.25, -0.2) is 0 Å². The number of alkyl halides is 3. The van der Waals surface area contributed by atoms with Gasteiger partial charge in [-0.05, 0) is 48.6 Å². The van der Waals surface area contributed by atoms with Gasteiger partial charge in [0.25, 0.3) is 11.5 Å². The van der Waals surface area contributed by atoms with Crippen LogP contribution in [-0.2, 0) is 28.1 Å². The third-order valence-corrected chi connectivity index (χ3v) is 7.49. The van der Waals surface area contributed by atoms with Gasteiger partial charge in [0.15, 0.2) is 0 Å². The molecule has 1 atom stereocenters. The summed E-state index contributed by atoms with van der Waals surface area (Å²) in [6.07, 6.45) is -3.55. The maximum Gasteiger partial charge on any atom is 0.435 e. The van der Waals surface area contributed by atoms with E-state index >= 15 is 0 Å². The van der Waals surface area contributed by atoms with Crippen LogP contribution in [0.4, 0.5) is 13.2 Å². The summed E-state index contributed by atoms with van der Waals surface area (Å²) >= 11 is 12.9. The Morgan fingerprint density at radius 3 is 2.51 bits per heavy atom. The number of hydrogen-bond donors (Lipinski definition) is 2. The lowest BCUT2D eigenvalue weighted by Crippen LogP contribution is -2.42. The number of fused-ring (bicyclic) bond motifs is 1. The maximum atomic E-state index is 14.3. The fraction of sp³-hybridized carbons (Fsp3) is 0.364. The van der Waals surface area contributed by atoms with E-state index in [0.29, 0.717) is 22.6 Å². The van der Waals surface area contributed by atoms with Crippen molar-refractivity contribution in [3.05, 3.63) is 54.7 Å². The highest BCUT2D eigenvalue weighted by Gasteiger charge is 2.62. The first-order valence-electron chi connectivity index (χ1n) is 10.4. The minimum Gasteiger partial charge on any atom is -0.374 e. The number of carbonyl (C=O) groups excluding carboxylic acids is 2. The van der Waals surface area contributed by atoms with Crippen molar-refractivity contribution in [1.29, 1.82) is 5.26 Å². The summed E-state index contributed by atoms with van der Waals surface area (Å²) in [4.78, 5) is 30.3. The number of benzene rings is 1. The summed E-state index contributed by atoms with van der Waals surface area (Å²) in [7, 11) is 0. The van der Waals surface area contributed by atoms with E-state index < -0.39 is 30.0 Å². The number of nitriles is 1. The van der Waals surface area contributed by atoms with Gasteiger partial charge >= 0.3 is 6.18 Å². The van der Waals surface area contributed by atoms with Crippen molar-refractivity contribution in [1.82, 2.24) is 10.6 Å². The van der Waals surface area contributed by atoms with E-state index in [1.165, 1.54) is 6.07 Å². The van der Waals surface area contributed by atoms with Gasteiger partial charge in [-0.3, -0.25) is 9.59 Å². The van der Waals surface area contributed by atoms with E-state index in [1.54, 1.807) is 6.07 Å². The third-order valence-electron chi connectivity index (χ3n) is 5.73. The van der Waals surface area contributed by atoms with E-state index in [2.05, 4.69) is 15.8 Å². The predicted molar refractivity (Wildman–Crippen MR) is 124 cm³/mol. The molecule has 1 aromatic heterocycles. The number of amides is 2. The molecule has 2 amide bonds. The van der Waals surface area contributed by atoms with Crippen LogP contribution in [0.25, 0.3) is 0 Å². The van der Waals surface area contributed by atoms with Crippen LogP contribution >= 0.6 is 34.5 Å². The normalized spacial score (nSPS) is 18.9. The van der Waals surface area contributed by atoms with Crippen molar-refractivity contribution in [2.24, 2.45) is 5.16 Å². The summed E-state index contributed by atoms with van der Waals surface area (Å²) in [5.74, 6) is -1.05. The number of halogens is 5. The van der Waals surface area contributed by atoms with Crippen LogP contribution in [0, 0.1) is 11.3 Å². The predicted octanol–water partition coefficient (Wildman–Crippen LogP) is 4.50. The lowest BCUT2D eigenvalue weighted by molar-refractivity contribution is -0.275. The number of hydrogen-bond acceptors (Lipinski definition) is 6. The van der Waals surface area contributed by atoms with Crippen molar-refractivity contribution in [2.75, 3.05) is 13.1 Å². The Kier molecular flexibility index (Phi) is 6.99. The van der Waals surface area contributed by atoms with Crippen LogP contribution in [0.3, 0.4) is 0 Å². The minimum absolute atomic E-state index is 0.0305. The van der Waals surface area contributed by atoms with Crippen molar-refractivity contribution in [3.63, 3.8) is 0 Å². The molecular weight excluding hydrogens is 528 g/mol. The van der Waals surface area contributed by atoms with Gasteiger partial charge in [-0.1, -0.05) is 28.4 Å². The maximum absolute atomic E-state index is 14.3. The Balaban J connectivity index is 1.62. The highest BCUT2D eigenvalue weighted by atomic mass is 35.5. The molecule has 2 aromatic rings. The average molecular weight is 545 g/mol. The first kappa shape index (κ1) is 25.3. The smallest absolute Gasteiger partial charge is 0.374 e. The van der Waals surface area contributed by atoms with Crippen LogP contribution in [0.15, 0.2) is 23.4 Å². The van der Waals surface area contributed by atoms with Gasteiger partial charge in [0.2, 0.25) is 5.91 Å². The molecule has 1 aliphatic carbocycles. The summed E-state index contributed by atoms with van der Waals surface area (Å²) in [6.45, 7) is -0.523. The molecule has 0 saturated carbocycles. The van der Waals surface area contributed by atoms with E-state index in [1.807, 2.05) is 0 Å². The largest absolute Gasteiger partial charge is 0.435 e. The number of nitrogens with zero attached hydrogens (tertiary/aromatic N) is 2. The number of nitrogens with one attached hydrogen (secondary N) is 2. The Labute approximate surface area is 211 Å². The molecule has 7 nitrogen and oxygen atoms in total. The lowest BCUT2D eigenvalue weighted by Gasteiger charge is -2.29. The Morgan fingerprint density at radius 1 is 1.17 bits per heavy atom. The second kappa shape index (κ2) is 9.68. The van der Waals surface area contributed by atoms with Gasteiger partial charge in [0.05, 0.1) is 28.8 Å². The molecule has 1 unspecified atom stereocenters. The molecule has 2 N–H and O–H groups in total. The van der Waals surface area contributed by atoms with E-state index in [9.17, 15) is 22.8 Å². The standard InChI is InChI=1S/C22H17Cl2F3N4O3S/c23-12-6-11(7-13(24)8-12)21(22(25,26)27)9-16(31-34-21)18-14-2-1-3-15(14)19(35-18)20(33)30-10-17(32)29-5-4-28/h6-8H,1-3,5,9-10H2,(H,29,32)(H,30,33). The Hall–Kier alpha value is -2.81. The molecule has 0 fully saturated rings. The average Bonchev–Trinajstić information content (AvgIpc) is 3.50. The van der Waals surface area contributed by atoms with E-state index in [0.717, 1.165) is 41.0 Å². The van der Waals surface area contributed by atoms with Crippen molar-refractivity contribution >= 4 is 52.1 Å². The van der Waals surface area contributed by atoms with Gasteiger partial charge < -0.3 is 15.5 Å². The molecule has 0 bridgehead atoms. The highest BCUT2D eigenvalue weighted by Crippen LogP contribution is 2.51. The van der Waals surface area contributed by atoms with Crippen LogP contribution in [0.1, 0.15) is 44.1 Å². The molecule has 35 heavy (non-hydrogen) atoms. The number of oxime groups is 1. The molecule has 0 radical (unpaired) electrons. The first-order valence-corrected chi connectivity index (χ1v) is 12.0. The van der Waals surface area contributed by atoms with Crippen LogP contribution in [-0.4, -0.2) is 36.8 Å². The zero-order valence-electron chi connectivity index (χ0n) is 17.9. The Bertz CT molecular complexity index is 1250. The quantitative estimate of drug-likeness (QED) is 0.522. The van der Waals surface area contributed by atoms with Crippen molar-refractivity contribution < 1.29 is 27.6 Å². The summed E-state index contributed by atoms with van der Waals surface area (Å²) in [5, 5.41) is 17.2. The van der Waals surface area contributed by atoms with Gasteiger partial charge in [-0.2, -0.15) is 18.4 Å². The molecule has 2 heterocycles. The molecular formula is C22H17Cl2F3N4O3S. The van der Waals surface area contributed by atoms with Gasteiger partial charge in [0, 0.05) is 15.6 Å². The summed E-state index contributed by atoms with van der Waals surface area (Å²) in [5.41, 5.74) is -1.46. The number of carbonyl (C=O) groups is 2. The molecule has 13 heteroatoms. The van der Waals surface area contributed by atoms with Gasteiger partial charge in [0.1, 0.15) is 12.3 Å². The van der Waals surface area contributed by atoms with E-state index in [4.69, 9.17) is 33.3 Å². The molecule has 184 valence electrons. The summed E-state index contributed by atoms with van der Waals surface area (Å²) in [6, 6.07) is 5.38. The molecule has 0 spiro atoms. The topological polar surface area (TPSA) is 104 Å². The minimum atomic E-state index is -4.83. The SMILES string of the molecule is N#CCNC(=O)CNC(=O)c1sc(C2=NOC(c3cc(Cl)cc(Cl)c3)(C(F)(F)F)C2)c2c1CCC2. The summed E-state index contributed by atoms with van der Waals surface area (Å²) < 4.78 is 43.0. The fourth-order valence-corrected chi connectivity index (χ4v) is 5.96. The highest BCUT2D eigenvalue weighted by molar-refractivity contribution is 7.16. The Morgan fingerprint density at radius 2 is 1.86 bits per heavy atom. The molecule has 2 aliphatic rings. The van der Waals surface area contributed by atoms with Crippen LogP contribution in [0.2, 0.25) is 10.0 Å². The van der Waals surface area contributed by atoms with Gasteiger partial charge in [-0.15, -0.1) is 11.3 Å². The molecule has 4 rings (SSSR count). The first-order chi connectivity index (χ1) is 16.6. The third kappa shape index (κ3) is 4.83. The van der Waals surface area contributed by atoms with E-state index in [-0.39, 0.29) is 34.4 Å². The number of rotatable bonds is 6. The monoisotopic (exact) mass is 544 g/mol. The molecule has 1 aromatic carbocycles. The number of thiophene rings is 1. The zero-order valence-corrected chi connectivity index (χ0v) is 20.2.